The summed E-state index contributed by atoms with van der Waals surface area (Å²) in [6.07, 6.45) is 5.34. The van der Waals surface area contributed by atoms with Gasteiger partial charge in [-0.1, -0.05) is 0 Å². The predicted octanol–water partition coefficient (Wildman–Crippen LogP) is 3.49. The van der Waals surface area contributed by atoms with Crippen LogP contribution in [0.15, 0.2) is 36.8 Å². The second-order valence-electron chi connectivity index (χ2n) is 10.6. The van der Waals surface area contributed by atoms with Crippen molar-refractivity contribution in [2.24, 2.45) is 5.92 Å². The van der Waals surface area contributed by atoms with Crippen LogP contribution in [0.4, 0.5) is 17.3 Å². The molecule has 13 nitrogen and oxygen atoms in total. The molecule has 208 valence electrons. The van der Waals surface area contributed by atoms with Crippen LogP contribution >= 0.6 is 11.3 Å². The number of thiazole rings is 1. The molecule has 14 heteroatoms. The van der Waals surface area contributed by atoms with Gasteiger partial charge in [0.05, 0.1) is 28.4 Å². The van der Waals surface area contributed by atoms with Crippen molar-refractivity contribution in [3.8, 4) is 27.6 Å². The molecule has 0 radical (unpaired) electrons. The highest BCUT2D eigenvalue weighted by atomic mass is 32.1. The number of carboxylic acids is 1. The number of nitrogens with zero attached hydrogens (tertiary/aromatic N) is 5. The number of carboxylic acid groups (broad SMARTS) is 1. The Morgan fingerprint density at radius 2 is 1.98 bits per heavy atom. The Morgan fingerprint density at radius 3 is 2.70 bits per heavy atom. The number of aliphatic hydroxyl groups excluding tert-OH is 1. The van der Waals surface area contributed by atoms with Crippen LogP contribution in [0.2, 0.25) is 0 Å². The molecule has 6 N–H and O–H groups in total. The number of nitrogens with one attached hydrogen (secondary N) is 3. The van der Waals surface area contributed by atoms with E-state index in [2.05, 4.69) is 41.0 Å². The first kappa shape index (κ1) is 26.1. The van der Waals surface area contributed by atoms with Gasteiger partial charge in [0.15, 0.2) is 12.0 Å². The van der Waals surface area contributed by atoms with Gasteiger partial charge in [0.25, 0.3) is 0 Å². The number of ether oxygens (including phenoxy) is 1. The van der Waals surface area contributed by atoms with Crippen molar-refractivity contribution in [2.45, 2.75) is 57.0 Å². The zero-order valence-corrected chi connectivity index (χ0v) is 22.6. The van der Waals surface area contributed by atoms with Gasteiger partial charge in [-0.2, -0.15) is 15.4 Å². The van der Waals surface area contributed by atoms with Crippen LogP contribution in [0.5, 0.6) is 5.75 Å². The average Bonchev–Trinajstić information content (AvgIpc) is 3.63. The van der Waals surface area contributed by atoms with Crippen LogP contribution in [0, 0.1) is 5.92 Å². The first-order valence-electron chi connectivity index (χ1n) is 12.8. The lowest BCUT2D eigenvalue weighted by molar-refractivity contribution is -0.145. The summed E-state index contributed by atoms with van der Waals surface area (Å²) in [6, 6.07) is 5.40. The number of aromatic amines is 1. The Labute approximate surface area is 232 Å². The van der Waals surface area contributed by atoms with E-state index in [1.165, 1.54) is 11.3 Å². The summed E-state index contributed by atoms with van der Waals surface area (Å²) in [5.41, 5.74) is 0.957. The van der Waals surface area contributed by atoms with E-state index in [-0.39, 0.29) is 0 Å². The van der Waals surface area contributed by atoms with Crippen LogP contribution in [0.1, 0.15) is 44.5 Å². The average molecular weight is 565 g/mol. The van der Waals surface area contributed by atoms with Gasteiger partial charge in [-0.15, -0.1) is 11.3 Å². The molecule has 6 rings (SSSR count). The summed E-state index contributed by atoms with van der Waals surface area (Å²) in [5.74, 6) is -0.413. The zero-order valence-electron chi connectivity index (χ0n) is 21.7. The minimum absolute atomic E-state index is 0.326. The minimum Gasteiger partial charge on any atom is -0.481 e. The van der Waals surface area contributed by atoms with Crippen molar-refractivity contribution >= 4 is 34.6 Å². The molecule has 4 aromatic rings. The highest BCUT2D eigenvalue weighted by Crippen LogP contribution is 2.48. The molecule has 3 aromatic heterocycles. The van der Waals surface area contributed by atoms with Crippen LogP contribution in [0.25, 0.3) is 21.8 Å². The second-order valence-corrected chi connectivity index (χ2v) is 11.6. The molecule has 1 aromatic carbocycles. The molecule has 1 saturated carbocycles. The Kier molecular flexibility index (Phi) is 6.40. The van der Waals surface area contributed by atoms with Crippen molar-refractivity contribution in [2.75, 3.05) is 10.6 Å². The smallest absolute Gasteiger partial charge is 0.306 e. The van der Waals surface area contributed by atoms with Gasteiger partial charge in [-0.3, -0.25) is 4.79 Å². The number of hydrogen-bond acceptors (Lipinski definition) is 12. The molecule has 1 unspecified atom stereocenters. The summed E-state index contributed by atoms with van der Waals surface area (Å²) in [5, 5.41) is 48.7. The van der Waals surface area contributed by atoms with Crippen LogP contribution < -0.4 is 15.4 Å². The van der Waals surface area contributed by atoms with E-state index in [4.69, 9.17) is 4.74 Å². The topological polar surface area (TPSA) is 191 Å². The highest BCUT2D eigenvalue weighted by molar-refractivity contribution is 7.15. The molecule has 40 heavy (non-hydrogen) atoms. The molecule has 1 atom stereocenters. The molecular weight excluding hydrogens is 536 g/mol. The Balaban J connectivity index is 1.36. The lowest BCUT2D eigenvalue weighted by Gasteiger charge is -2.39. The fourth-order valence-corrected chi connectivity index (χ4v) is 6.00. The van der Waals surface area contributed by atoms with Gasteiger partial charge in [-0.25, -0.2) is 15.0 Å². The number of aliphatic carboxylic acids is 1. The molecular formula is C26H28N8O5S. The van der Waals surface area contributed by atoms with Crippen LogP contribution in [-0.4, -0.2) is 63.5 Å². The Bertz CT molecular complexity index is 1550. The molecule has 0 bridgehead atoms. The van der Waals surface area contributed by atoms with E-state index < -0.39 is 29.3 Å². The van der Waals surface area contributed by atoms with Crippen molar-refractivity contribution in [1.82, 2.24) is 30.4 Å². The summed E-state index contributed by atoms with van der Waals surface area (Å²) < 4.78 is 6.27. The van der Waals surface area contributed by atoms with Crippen molar-refractivity contribution < 1.29 is 24.9 Å². The number of H-pyrrole nitrogens is 1. The first-order valence-corrected chi connectivity index (χ1v) is 13.6. The monoisotopic (exact) mass is 564 g/mol. The fraction of sp³-hybridized carbons (Fsp3) is 0.385. The lowest BCUT2D eigenvalue weighted by atomic mass is 9.79. The SMILES string of the molecule is CC1(C)Oc2c(cc(Nc3nccc(-c4cn[nH]n4)n3)cc2-c2cnc(C3(O)CCC(C(=O)O)CC3)s2)NC1O. The number of carbonyl (C=O) groups is 1. The van der Waals surface area contributed by atoms with E-state index in [9.17, 15) is 20.1 Å². The van der Waals surface area contributed by atoms with Gasteiger partial charge < -0.3 is 30.7 Å². The standard InChI is InChI=1S/C26H28N8O5S/c1-25(2)22(37)31-17-10-14(30-24-27-8-5-16(32-24)18-11-29-34-33-18)9-15(20(17)39-25)19-12-28-23(40-19)26(38)6-3-13(4-7-26)21(35)36/h5,8-13,22,31,37-38H,3-4,6-7H2,1-2H3,(H,35,36)(H,27,30,32)(H,29,33,34). The molecule has 0 amide bonds. The summed E-state index contributed by atoms with van der Waals surface area (Å²) in [6.45, 7) is 3.57. The Hall–Kier alpha value is -4.14. The van der Waals surface area contributed by atoms with Crippen molar-refractivity contribution in [3.63, 3.8) is 0 Å². The number of hydrogen-bond donors (Lipinski definition) is 6. The van der Waals surface area contributed by atoms with Crippen molar-refractivity contribution in [3.05, 3.63) is 41.8 Å². The molecule has 1 aliphatic heterocycles. The van der Waals surface area contributed by atoms with Crippen molar-refractivity contribution in [1.29, 1.82) is 0 Å². The number of fused-ring (bicyclic) bond motifs is 1. The summed E-state index contributed by atoms with van der Waals surface area (Å²) >= 11 is 1.33. The quantitative estimate of drug-likeness (QED) is 0.200. The maximum Gasteiger partial charge on any atom is 0.306 e. The molecule has 4 heterocycles. The minimum atomic E-state index is -1.19. The van der Waals surface area contributed by atoms with E-state index in [1.54, 1.807) is 44.6 Å². The number of aliphatic hydroxyl groups is 2. The second kappa shape index (κ2) is 9.80. The highest BCUT2D eigenvalue weighted by Gasteiger charge is 2.40. The third-order valence-corrected chi connectivity index (χ3v) is 8.55. The lowest BCUT2D eigenvalue weighted by Crippen LogP contribution is -2.49. The van der Waals surface area contributed by atoms with Crippen LogP contribution in [0.3, 0.4) is 0 Å². The van der Waals surface area contributed by atoms with Gasteiger partial charge in [0, 0.05) is 23.6 Å². The van der Waals surface area contributed by atoms with Gasteiger partial charge >= 0.3 is 5.97 Å². The normalized spacial score (nSPS) is 23.5. The largest absolute Gasteiger partial charge is 0.481 e. The number of rotatable bonds is 6. The van der Waals surface area contributed by atoms with E-state index >= 15 is 0 Å². The third kappa shape index (κ3) is 4.85. The fourth-order valence-electron chi connectivity index (χ4n) is 4.93. The third-order valence-electron chi connectivity index (χ3n) is 7.33. The molecule has 1 fully saturated rings. The zero-order chi connectivity index (χ0) is 28.1. The van der Waals surface area contributed by atoms with Crippen LogP contribution in [-0.2, 0) is 10.4 Å². The number of anilines is 3. The summed E-state index contributed by atoms with van der Waals surface area (Å²) in [4.78, 5) is 25.5. The molecule has 0 spiro atoms. The van der Waals surface area contributed by atoms with E-state index in [0.717, 1.165) is 4.88 Å². The molecule has 1 aliphatic carbocycles. The molecule has 0 saturated heterocycles. The summed E-state index contributed by atoms with van der Waals surface area (Å²) in [7, 11) is 0. The van der Waals surface area contributed by atoms with Gasteiger partial charge in [0.2, 0.25) is 5.95 Å². The predicted molar refractivity (Wildman–Crippen MR) is 146 cm³/mol. The van der Waals surface area contributed by atoms with E-state index in [0.29, 0.717) is 70.7 Å². The van der Waals surface area contributed by atoms with Gasteiger partial charge in [0.1, 0.15) is 21.9 Å². The number of benzene rings is 1. The number of aromatic nitrogens is 6. The first-order chi connectivity index (χ1) is 19.1. The molecule has 2 aliphatic rings. The van der Waals surface area contributed by atoms with E-state index in [1.807, 2.05) is 6.07 Å². The maximum atomic E-state index is 11.4. The van der Waals surface area contributed by atoms with Gasteiger partial charge in [-0.05, 0) is 57.7 Å². The Morgan fingerprint density at radius 1 is 1.18 bits per heavy atom. The maximum absolute atomic E-state index is 11.4.